The Balaban J connectivity index is 1.61. The number of hydrogen-bond acceptors (Lipinski definition) is 8. The Hall–Kier alpha value is -3.60. The second kappa shape index (κ2) is 10.6. The molecule has 11 heteroatoms. The lowest BCUT2D eigenvalue weighted by Crippen LogP contribution is -2.35. The van der Waals surface area contributed by atoms with Crippen LogP contribution in [0.2, 0.25) is 0 Å². The van der Waals surface area contributed by atoms with Gasteiger partial charge in [0.15, 0.2) is 18.1 Å². The number of sulfonamides is 1. The first kappa shape index (κ1) is 25.0. The van der Waals surface area contributed by atoms with Gasteiger partial charge in [-0.05, 0) is 43.7 Å². The van der Waals surface area contributed by atoms with Crippen LogP contribution in [0.5, 0.6) is 11.5 Å². The van der Waals surface area contributed by atoms with Crippen LogP contribution in [-0.2, 0) is 30.9 Å². The van der Waals surface area contributed by atoms with E-state index in [4.69, 9.17) is 14.2 Å². The molecular formula is C23H27N3O7S. The Kier molecular flexibility index (Phi) is 7.77. The maximum Gasteiger partial charge on any atom is 0.331 e. The summed E-state index contributed by atoms with van der Waals surface area (Å²) in [7, 11) is -0.643. The standard InChI is InChI=1S/C23H27N3O7S/c1-5-26(13-16-10-11-18(31-3)19(12-16)32-4)21(27)14-33-23(28)15(2)24-22-17-8-6-7-9-20(17)34(29,30)25-22/h6-12,15H,5,13-14H2,1-4H3,(H,24,25)/t15-/m0/s1. The molecule has 0 bridgehead atoms. The molecule has 1 amide bonds. The van der Waals surface area contributed by atoms with Gasteiger partial charge in [-0.1, -0.05) is 18.2 Å². The average molecular weight is 490 g/mol. The molecular weight excluding hydrogens is 462 g/mol. The summed E-state index contributed by atoms with van der Waals surface area (Å²) >= 11 is 0. The van der Waals surface area contributed by atoms with Gasteiger partial charge < -0.3 is 19.1 Å². The molecule has 2 aromatic carbocycles. The third kappa shape index (κ3) is 5.48. The topological polar surface area (TPSA) is 124 Å². The van der Waals surface area contributed by atoms with Crippen molar-refractivity contribution in [2.24, 2.45) is 4.99 Å². The largest absolute Gasteiger partial charge is 0.493 e. The molecule has 0 aromatic heterocycles. The minimum absolute atomic E-state index is 0.0648. The minimum atomic E-state index is -3.72. The maximum absolute atomic E-state index is 12.6. The number of aliphatic imine (C=N–C) groups is 1. The summed E-state index contributed by atoms with van der Waals surface area (Å²) in [4.78, 5) is 30.9. The van der Waals surface area contributed by atoms with Crippen LogP contribution in [0.25, 0.3) is 0 Å². The van der Waals surface area contributed by atoms with Gasteiger partial charge in [-0.2, -0.15) is 0 Å². The molecule has 1 N–H and O–H groups in total. The molecule has 0 saturated carbocycles. The Labute approximate surface area is 198 Å². The normalized spacial score (nSPS) is 15.7. The number of nitrogens with zero attached hydrogens (tertiary/aromatic N) is 2. The first-order chi connectivity index (χ1) is 16.2. The van der Waals surface area contributed by atoms with Crippen molar-refractivity contribution < 1.29 is 32.2 Å². The second-order valence-electron chi connectivity index (χ2n) is 7.46. The van der Waals surface area contributed by atoms with Crippen molar-refractivity contribution in [1.82, 2.24) is 9.62 Å². The summed E-state index contributed by atoms with van der Waals surface area (Å²) in [5.74, 6) is 0.0725. The number of carbonyl (C=O) groups excluding carboxylic acids is 2. The van der Waals surface area contributed by atoms with E-state index in [-0.39, 0.29) is 16.6 Å². The molecule has 0 fully saturated rings. The van der Waals surface area contributed by atoms with Crippen LogP contribution in [0.1, 0.15) is 25.0 Å². The molecule has 0 radical (unpaired) electrons. The summed E-state index contributed by atoms with van der Waals surface area (Å²) in [6.07, 6.45) is 0. The molecule has 1 heterocycles. The van der Waals surface area contributed by atoms with E-state index < -0.39 is 28.6 Å². The zero-order valence-corrected chi connectivity index (χ0v) is 20.2. The minimum Gasteiger partial charge on any atom is -0.493 e. The lowest BCUT2D eigenvalue weighted by Gasteiger charge is -2.21. The molecule has 182 valence electrons. The highest BCUT2D eigenvalue weighted by atomic mass is 32.2. The number of methoxy groups -OCH3 is 2. The highest BCUT2D eigenvalue weighted by Crippen LogP contribution is 2.28. The zero-order valence-electron chi connectivity index (χ0n) is 19.4. The van der Waals surface area contributed by atoms with Gasteiger partial charge in [-0.15, -0.1) is 0 Å². The fraction of sp³-hybridized carbons (Fsp3) is 0.348. The Morgan fingerprint density at radius 2 is 1.79 bits per heavy atom. The van der Waals surface area contributed by atoms with Crippen LogP contribution in [0.3, 0.4) is 0 Å². The fourth-order valence-corrected chi connectivity index (χ4v) is 4.64. The van der Waals surface area contributed by atoms with Crippen LogP contribution in [0, 0.1) is 0 Å². The van der Waals surface area contributed by atoms with Gasteiger partial charge in [-0.3, -0.25) is 14.5 Å². The maximum atomic E-state index is 12.6. The number of hydrogen-bond donors (Lipinski definition) is 1. The van der Waals surface area contributed by atoms with E-state index in [1.54, 1.807) is 37.4 Å². The molecule has 10 nitrogen and oxygen atoms in total. The molecule has 2 aromatic rings. The van der Waals surface area contributed by atoms with Crippen LogP contribution < -0.4 is 14.2 Å². The molecule has 3 rings (SSSR count). The van der Waals surface area contributed by atoms with E-state index in [9.17, 15) is 18.0 Å². The quantitative estimate of drug-likeness (QED) is 0.532. The summed E-state index contributed by atoms with van der Waals surface area (Å²) < 4.78 is 42.4. The molecule has 1 aliphatic heterocycles. The Bertz CT molecular complexity index is 1210. The molecule has 0 saturated heterocycles. The van der Waals surface area contributed by atoms with Crippen molar-refractivity contribution in [3.05, 3.63) is 53.6 Å². The number of ether oxygens (including phenoxy) is 3. The Morgan fingerprint density at radius 1 is 1.09 bits per heavy atom. The van der Waals surface area contributed by atoms with Gasteiger partial charge in [0.25, 0.3) is 15.9 Å². The first-order valence-electron chi connectivity index (χ1n) is 10.6. The number of esters is 1. The van der Waals surface area contributed by atoms with E-state index in [1.165, 1.54) is 25.0 Å². The highest BCUT2D eigenvalue weighted by molar-refractivity contribution is 7.90. The number of nitrogens with one attached hydrogen (secondary N) is 1. The van der Waals surface area contributed by atoms with Gasteiger partial charge in [0.2, 0.25) is 0 Å². The number of likely N-dealkylation sites (N-methyl/N-ethyl adjacent to an activating group) is 1. The van der Waals surface area contributed by atoms with Crippen molar-refractivity contribution in [1.29, 1.82) is 0 Å². The van der Waals surface area contributed by atoms with Crippen molar-refractivity contribution >= 4 is 27.7 Å². The van der Waals surface area contributed by atoms with Gasteiger partial charge in [0, 0.05) is 18.7 Å². The number of benzene rings is 2. The molecule has 0 aliphatic carbocycles. The third-order valence-electron chi connectivity index (χ3n) is 5.22. The van der Waals surface area contributed by atoms with Crippen molar-refractivity contribution in [2.45, 2.75) is 31.3 Å². The van der Waals surface area contributed by atoms with E-state index in [1.807, 2.05) is 13.0 Å². The number of fused-ring (bicyclic) bond motifs is 1. The van der Waals surface area contributed by atoms with Crippen LogP contribution in [0.15, 0.2) is 52.4 Å². The Morgan fingerprint density at radius 3 is 2.47 bits per heavy atom. The first-order valence-corrected chi connectivity index (χ1v) is 12.0. The van der Waals surface area contributed by atoms with Crippen LogP contribution in [0.4, 0.5) is 0 Å². The predicted octanol–water partition coefficient (Wildman–Crippen LogP) is 1.72. The third-order valence-corrected chi connectivity index (χ3v) is 6.62. The zero-order chi connectivity index (χ0) is 24.9. The number of amides is 1. The SMILES string of the molecule is CCN(Cc1ccc(OC)c(OC)c1)C(=O)COC(=O)[C@H](C)N=C1NS(=O)(=O)c2ccccc21. The van der Waals surface area contributed by atoms with E-state index in [0.29, 0.717) is 30.2 Å². The van der Waals surface area contributed by atoms with E-state index in [0.717, 1.165) is 5.56 Å². The highest BCUT2D eigenvalue weighted by Gasteiger charge is 2.31. The van der Waals surface area contributed by atoms with Crippen molar-refractivity contribution in [3.8, 4) is 11.5 Å². The molecule has 1 aliphatic rings. The lowest BCUT2D eigenvalue weighted by molar-refractivity contribution is -0.152. The van der Waals surface area contributed by atoms with Gasteiger partial charge >= 0.3 is 5.97 Å². The smallest absolute Gasteiger partial charge is 0.331 e. The van der Waals surface area contributed by atoms with Gasteiger partial charge in [-0.25, -0.2) is 13.2 Å². The molecule has 34 heavy (non-hydrogen) atoms. The number of amidine groups is 1. The second-order valence-corrected chi connectivity index (χ2v) is 9.11. The van der Waals surface area contributed by atoms with Crippen LogP contribution >= 0.6 is 0 Å². The summed E-state index contributed by atoms with van der Waals surface area (Å²) in [5, 5.41) is 0. The van der Waals surface area contributed by atoms with Crippen LogP contribution in [-0.4, -0.2) is 64.4 Å². The van der Waals surface area contributed by atoms with Gasteiger partial charge in [0.1, 0.15) is 11.9 Å². The predicted molar refractivity (Wildman–Crippen MR) is 124 cm³/mol. The number of rotatable bonds is 9. The lowest BCUT2D eigenvalue weighted by atomic mass is 10.2. The van der Waals surface area contributed by atoms with E-state index >= 15 is 0 Å². The summed E-state index contributed by atoms with van der Waals surface area (Å²) in [6, 6.07) is 10.7. The monoisotopic (exact) mass is 489 g/mol. The fourth-order valence-electron chi connectivity index (χ4n) is 3.40. The average Bonchev–Trinajstić information content (AvgIpc) is 3.10. The van der Waals surface area contributed by atoms with E-state index in [2.05, 4.69) is 9.71 Å². The van der Waals surface area contributed by atoms with Crippen molar-refractivity contribution in [2.75, 3.05) is 27.4 Å². The summed E-state index contributed by atoms with van der Waals surface area (Å²) in [5.41, 5.74) is 1.21. The summed E-state index contributed by atoms with van der Waals surface area (Å²) in [6.45, 7) is 3.53. The molecule has 0 spiro atoms. The molecule has 1 atom stereocenters. The molecule has 0 unspecified atom stereocenters. The number of carbonyl (C=O) groups is 2. The van der Waals surface area contributed by atoms with Gasteiger partial charge in [0.05, 0.1) is 19.1 Å². The van der Waals surface area contributed by atoms with Crippen molar-refractivity contribution in [3.63, 3.8) is 0 Å².